The molecule has 1 amide bonds. The van der Waals surface area contributed by atoms with Gasteiger partial charge in [-0.2, -0.15) is 0 Å². The molecule has 0 aliphatic rings. The second kappa shape index (κ2) is 8.44. The summed E-state index contributed by atoms with van der Waals surface area (Å²) in [6.07, 6.45) is 2.15. The Hall–Kier alpha value is -2.41. The zero-order chi connectivity index (χ0) is 17.4. The van der Waals surface area contributed by atoms with Crippen molar-refractivity contribution in [2.75, 3.05) is 17.0 Å². The molecule has 0 saturated carbocycles. The van der Waals surface area contributed by atoms with E-state index >= 15 is 0 Å². The van der Waals surface area contributed by atoms with Crippen LogP contribution in [-0.4, -0.2) is 31.6 Å². The van der Waals surface area contributed by atoms with Gasteiger partial charge in [0.1, 0.15) is 5.82 Å². The van der Waals surface area contributed by atoms with Crippen molar-refractivity contribution in [3.8, 4) is 0 Å². The van der Waals surface area contributed by atoms with Gasteiger partial charge in [-0.1, -0.05) is 43.3 Å². The molecular formula is C17H21N3O3S. The Morgan fingerprint density at radius 2 is 1.83 bits per heavy atom. The molecule has 2 rings (SSSR count). The number of anilines is 1. The third-order valence-electron chi connectivity index (χ3n) is 3.52. The molecule has 1 aromatic carbocycles. The highest BCUT2D eigenvalue weighted by molar-refractivity contribution is 7.92. The molecule has 0 radical (unpaired) electrons. The monoisotopic (exact) mass is 347 g/mol. The summed E-state index contributed by atoms with van der Waals surface area (Å²) in [5.41, 5.74) is 0.923. The van der Waals surface area contributed by atoms with Gasteiger partial charge in [0.15, 0.2) is 0 Å². The Kier molecular flexibility index (Phi) is 6.31. The van der Waals surface area contributed by atoms with E-state index in [-0.39, 0.29) is 29.9 Å². The Morgan fingerprint density at radius 1 is 1.12 bits per heavy atom. The van der Waals surface area contributed by atoms with Crippen LogP contribution in [0, 0.1) is 0 Å². The smallest absolute Gasteiger partial charge is 0.235 e. The maximum Gasteiger partial charge on any atom is 0.235 e. The molecular weight excluding hydrogens is 326 g/mol. The first-order chi connectivity index (χ1) is 11.5. The number of carbonyl (C=O) groups is 1. The molecule has 2 aromatic rings. The largest absolute Gasteiger partial charge is 0.354 e. The number of amides is 1. The van der Waals surface area contributed by atoms with Crippen molar-refractivity contribution in [3.63, 3.8) is 0 Å². The average Bonchev–Trinajstić information content (AvgIpc) is 2.57. The number of carbonyl (C=O) groups excluding carboxylic acids is 1. The third-order valence-corrected chi connectivity index (χ3v) is 4.78. The lowest BCUT2D eigenvalue weighted by Gasteiger charge is -2.15. The van der Waals surface area contributed by atoms with Crippen LogP contribution in [0.2, 0.25) is 0 Å². The molecule has 0 unspecified atom stereocenters. The van der Waals surface area contributed by atoms with Crippen molar-refractivity contribution < 1.29 is 13.2 Å². The summed E-state index contributed by atoms with van der Waals surface area (Å²) in [5.74, 6) is -0.394. The van der Waals surface area contributed by atoms with Crippen LogP contribution >= 0.6 is 0 Å². The second-order valence-electron chi connectivity index (χ2n) is 5.30. The summed E-state index contributed by atoms with van der Waals surface area (Å²) in [4.78, 5) is 16.2. The third kappa shape index (κ3) is 5.34. The van der Waals surface area contributed by atoms with Crippen LogP contribution in [0.25, 0.3) is 0 Å². The van der Waals surface area contributed by atoms with E-state index < -0.39 is 10.0 Å². The quantitative estimate of drug-likeness (QED) is 0.766. The van der Waals surface area contributed by atoms with E-state index in [1.165, 1.54) is 6.20 Å². The maximum absolute atomic E-state index is 12.3. The van der Waals surface area contributed by atoms with Gasteiger partial charge in [-0.15, -0.1) is 0 Å². The maximum atomic E-state index is 12.3. The minimum atomic E-state index is -3.55. The lowest BCUT2D eigenvalue weighted by Crippen LogP contribution is -2.34. The van der Waals surface area contributed by atoms with Gasteiger partial charge in [-0.25, -0.2) is 13.4 Å². The van der Waals surface area contributed by atoms with Crippen molar-refractivity contribution in [2.24, 2.45) is 0 Å². The number of nitrogens with zero attached hydrogens (tertiary/aromatic N) is 1. The van der Waals surface area contributed by atoms with Crippen LogP contribution in [0.1, 0.15) is 24.8 Å². The fourth-order valence-corrected chi connectivity index (χ4v) is 3.24. The molecule has 0 fully saturated rings. The van der Waals surface area contributed by atoms with Crippen LogP contribution in [0.5, 0.6) is 0 Å². The Balaban J connectivity index is 1.87. The van der Waals surface area contributed by atoms with Crippen molar-refractivity contribution in [2.45, 2.75) is 19.3 Å². The van der Waals surface area contributed by atoms with Crippen LogP contribution in [0.4, 0.5) is 5.82 Å². The summed E-state index contributed by atoms with van der Waals surface area (Å²) in [7, 11) is -3.55. The highest BCUT2D eigenvalue weighted by Crippen LogP contribution is 2.19. The van der Waals surface area contributed by atoms with E-state index in [2.05, 4.69) is 15.0 Å². The van der Waals surface area contributed by atoms with Crippen LogP contribution < -0.4 is 10.0 Å². The molecule has 7 heteroatoms. The van der Waals surface area contributed by atoms with E-state index in [0.29, 0.717) is 6.42 Å². The number of benzene rings is 1. The number of hydrogen-bond donors (Lipinski definition) is 2. The minimum Gasteiger partial charge on any atom is -0.354 e. The molecule has 1 atom stereocenters. The molecule has 1 heterocycles. The van der Waals surface area contributed by atoms with Crippen LogP contribution in [-0.2, 0) is 14.8 Å². The van der Waals surface area contributed by atoms with Crippen molar-refractivity contribution in [3.05, 3.63) is 60.3 Å². The summed E-state index contributed by atoms with van der Waals surface area (Å²) < 4.78 is 26.4. The highest BCUT2D eigenvalue weighted by Gasteiger charge is 2.19. The van der Waals surface area contributed by atoms with Gasteiger partial charge in [0.05, 0.1) is 11.7 Å². The van der Waals surface area contributed by atoms with E-state index in [1.54, 1.807) is 18.2 Å². The SMILES string of the molecule is CC[C@H](C(=O)NCCS(=O)(=O)Nc1ccccn1)c1ccccc1. The van der Waals surface area contributed by atoms with Gasteiger partial charge < -0.3 is 5.32 Å². The van der Waals surface area contributed by atoms with E-state index in [1.807, 2.05) is 37.3 Å². The average molecular weight is 347 g/mol. The zero-order valence-electron chi connectivity index (χ0n) is 13.5. The summed E-state index contributed by atoms with van der Waals surface area (Å²) >= 11 is 0. The lowest BCUT2D eigenvalue weighted by molar-refractivity contribution is -0.122. The fraction of sp³-hybridized carbons (Fsp3) is 0.294. The number of sulfonamides is 1. The van der Waals surface area contributed by atoms with E-state index in [4.69, 9.17) is 0 Å². The highest BCUT2D eigenvalue weighted by atomic mass is 32.2. The summed E-state index contributed by atoms with van der Waals surface area (Å²) in [6, 6.07) is 14.4. The van der Waals surface area contributed by atoms with Crippen LogP contribution in [0.15, 0.2) is 54.7 Å². The minimum absolute atomic E-state index is 0.0460. The van der Waals surface area contributed by atoms with Crippen LogP contribution in [0.3, 0.4) is 0 Å². The Morgan fingerprint density at radius 3 is 2.46 bits per heavy atom. The summed E-state index contributed by atoms with van der Waals surface area (Å²) in [5, 5.41) is 2.70. The number of aromatic nitrogens is 1. The normalized spacial score (nSPS) is 12.4. The number of nitrogens with one attached hydrogen (secondary N) is 2. The van der Waals surface area contributed by atoms with Gasteiger partial charge in [0, 0.05) is 12.7 Å². The van der Waals surface area contributed by atoms with Crippen molar-refractivity contribution in [1.82, 2.24) is 10.3 Å². The first-order valence-electron chi connectivity index (χ1n) is 7.76. The molecule has 6 nitrogen and oxygen atoms in total. The van der Waals surface area contributed by atoms with E-state index in [9.17, 15) is 13.2 Å². The number of pyridine rings is 1. The van der Waals surface area contributed by atoms with E-state index in [0.717, 1.165) is 5.56 Å². The van der Waals surface area contributed by atoms with Crippen molar-refractivity contribution >= 4 is 21.7 Å². The van der Waals surface area contributed by atoms with Gasteiger partial charge in [-0.05, 0) is 24.1 Å². The predicted molar refractivity (Wildman–Crippen MR) is 94.1 cm³/mol. The Bertz CT molecular complexity index is 749. The molecule has 0 aliphatic carbocycles. The van der Waals surface area contributed by atoms with Crippen molar-refractivity contribution in [1.29, 1.82) is 0 Å². The molecule has 128 valence electrons. The molecule has 0 bridgehead atoms. The van der Waals surface area contributed by atoms with Gasteiger partial charge in [0.2, 0.25) is 15.9 Å². The predicted octanol–water partition coefficient (Wildman–Crippen LogP) is 2.13. The fourth-order valence-electron chi connectivity index (χ4n) is 2.32. The number of rotatable bonds is 8. The molecule has 1 aromatic heterocycles. The standard InChI is InChI=1S/C17H21N3O3S/c1-2-15(14-8-4-3-5-9-14)17(21)19-12-13-24(22,23)20-16-10-6-7-11-18-16/h3-11,15H,2,12-13H2,1H3,(H,18,20)(H,19,21)/t15-/m0/s1. The molecule has 0 spiro atoms. The molecule has 24 heavy (non-hydrogen) atoms. The topological polar surface area (TPSA) is 88.2 Å². The first-order valence-corrected chi connectivity index (χ1v) is 9.41. The Labute approximate surface area is 142 Å². The second-order valence-corrected chi connectivity index (χ2v) is 7.14. The van der Waals surface area contributed by atoms with Gasteiger partial charge >= 0.3 is 0 Å². The number of hydrogen-bond acceptors (Lipinski definition) is 4. The lowest BCUT2D eigenvalue weighted by atomic mass is 9.96. The molecule has 2 N–H and O–H groups in total. The van der Waals surface area contributed by atoms with Gasteiger partial charge in [-0.3, -0.25) is 9.52 Å². The summed E-state index contributed by atoms with van der Waals surface area (Å²) in [6.45, 7) is 1.97. The molecule has 0 aliphatic heterocycles. The zero-order valence-corrected chi connectivity index (χ0v) is 14.3. The first kappa shape index (κ1) is 17.9. The molecule has 0 saturated heterocycles. The van der Waals surface area contributed by atoms with Gasteiger partial charge in [0.25, 0.3) is 0 Å².